The van der Waals surface area contributed by atoms with Gasteiger partial charge in [-0.2, -0.15) is 0 Å². The van der Waals surface area contributed by atoms with Gasteiger partial charge in [0.05, 0.1) is 18.9 Å². The number of nitrogens with zero attached hydrogens (tertiary/aromatic N) is 2. The molecule has 0 bridgehead atoms. The molecule has 0 radical (unpaired) electrons. The Hall–Kier alpha value is -0.690. The summed E-state index contributed by atoms with van der Waals surface area (Å²) in [6.07, 6.45) is 2.62. The van der Waals surface area contributed by atoms with Crippen LogP contribution in [0.25, 0.3) is 0 Å². The second-order valence-corrected chi connectivity index (χ2v) is 5.59. The monoisotopic (exact) mass is 285 g/mol. The standard InChI is InChI=1S/C13H23N3O2S/c1-17-7-5-16(6-8-18-2)13-15-12(10-19-13)9-14-11-3-4-11/h10-11,14H,3-9H2,1-2H3. The Morgan fingerprint density at radius 2 is 2.00 bits per heavy atom. The topological polar surface area (TPSA) is 46.6 Å². The molecule has 0 saturated heterocycles. The molecule has 2 rings (SSSR count). The number of ether oxygens (including phenoxy) is 2. The summed E-state index contributed by atoms with van der Waals surface area (Å²) < 4.78 is 10.3. The van der Waals surface area contributed by atoms with E-state index in [1.807, 2.05) is 0 Å². The fourth-order valence-corrected chi connectivity index (χ4v) is 2.64. The number of nitrogens with one attached hydrogen (secondary N) is 1. The molecule has 0 aliphatic heterocycles. The Morgan fingerprint density at radius 1 is 1.32 bits per heavy atom. The highest BCUT2D eigenvalue weighted by Gasteiger charge is 2.20. The average molecular weight is 285 g/mol. The fraction of sp³-hybridized carbons (Fsp3) is 0.769. The van der Waals surface area contributed by atoms with Crippen molar-refractivity contribution in [3.8, 4) is 0 Å². The minimum absolute atomic E-state index is 0.707. The summed E-state index contributed by atoms with van der Waals surface area (Å²) in [5, 5.41) is 6.68. The van der Waals surface area contributed by atoms with Crippen LogP contribution in [0.2, 0.25) is 0 Å². The molecular formula is C13H23N3O2S. The molecule has 1 aromatic rings. The minimum Gasteiger partial charge on any atom is -0.383 e. The van der Waals surface area contributed by atoms with Gasteiger partial charge in [0.2, 0.25) is 0 Å². The molecule has 1 aromatic heterocycles. The van der Waals surface area contributed by atoms with E-state index in [4.69, 9.17) is 9.47 Å². The first-order valence-electron chi connectivity index (χ1n) is 6.74. The van der Waals surface area contributed by atoms with Crippen LogP contribution in [0.15, 0.2) is 5.38 Å². The van der Waals surface area contributed by atoms with E-state index in [9.17, 15) is 0 Å². The maximum Gasteiger partial charge on any atom is 0.185 e. The fourth-order valence-electron chi connectivity index (χ4n) is 1.77. The van der Waals surface area contributed by atoms with Crippen molar-refractivity contribution < 1.29 is 9.47 Å². The molecular weight excluding hydrogens is 262 g/mol. The first-order valence-corrected chi connectivity index (χ1v) is 7.62. The van der Waals surface area contributed by atoms with Crippen LogP contribution in [-0.4, -0.2) is 51.5 Å². The van der Waals surface area contributed by atoms with Gasteiger partial charge in [-0.05, 0) is 12.8 Å². The van der Waals surface area contributed by atoms with Crippen molar-refractivity contribution in [2.24, 2.45) is 0 Å². The molecule has 0 amide bonds. The Balaban J connectivity index is 1.86. The Kier molecular flexibility index (Phi) is 6.03. The van der Waals surface area contributed by atoms with Gasteiger partial charge in [-0.3, -0.25) is 0 Å². The van der Waals surface area contributed by atoms with E-state index in [2.05, 4.69) is 20.6 Å². The smallest absolute Gasteiger partial charge is 0.185 e. The number of hydrogen-bond acceptors (Lipinski definition) is 6. The summed E-state index contributed by atoms with van der Waals surface area (Å²) >= 11 is 1.69. The second-order valence-electron chi connectivity index (χ2n) is 4.75. The van der Waals surface area contributed by atoms with Crippen LogP contribution in [0, 0.1) is 0 Å². The lowest BCUT2D eigenvalue weighted by molar-refractivity contribution is 0.190. The van der Waals surface area contributed by atoms with Crippen LogP contribution in [0.5, 0.6) is 0 Å². The van der Waals surface area contributed by atoms with Crippen molar-refractivity contribution in [2.75, 3.05) is 45.4 Å². The van der Waals surface area contributed by atoms with Crippen LogP contribution in [0.3, 0.4) is 0 Å². The zero-order valence-electron chi connectivity index (χ0n) is 11.7. The molecule has 0 atom stereocenters. The highest BCUT2D eigenvalue weighted by Crippen LogP contribution is 2.22. The van der Waals surface area contributed by atoms with Gasteiger partial charge in [0.25, 0.3) is 0 Å². The Bertz CT molecular complexity index is 361. The third-order valence-electron chi connectivity index (χ3n) is 3.09. The number of aromatic nitrogens is 1. The normalized spacial score (nSPS) is 14.8. The molecule has 0 spiro atoms. The van der Waals surface area contributed by atoms with Gasteiger partial charge < -0.3 is 19.7 Å². The van der Waals surface area contributed by atoms with E-state index in [0.29, 0.717) is 13.2 Å². The van der Waals surface area contributed by atoms with Crippen molar-refractivity contribution in [3.63, 3.8) is 0 Å². The molecule has 1 saturated carbocycles. The summed E-state index contributed by atoms with van der Waals surface area (Å²) in [5.41, 5.74) is 1.13. The quantitative estimate of drug-likeness (QED) is 0.706. The third-order valence-corrected chi connectivity index (χ3v) is 4.04. The third kappa shape index (κ3) is 5.06. The number of anilines is 1. The summed E-state index contributed by atoms with van der Waals surface area (Å²) in [5.74, 6) is 0. The van der Waals surface area contributed by atoms with Crippen molar-refractivity contribution in [1.82, 2.24) is 10.3 Å². The molecule has 0 unspecified atom stereocenters. The summed E-state index contributed by atoms with van der Waals surface area (Å²) in [6.45, 7) is 3.99. The highest BCUT2D eigenvalue weighted by molar-refractivity contribution is 7.13. The summed E-state index contributed by atoms with van der Waals surface area (Å²) in [4.78, 5) is 6.91. The number of rotatable bonds is 10. The molecule has 19 heavy (non-hydrogen) atoms. The van der Waals surface area contributed by atoms with Crippen LogP contribution in [0.1, 0.15) is 18.5 Å². The van der Waals surface area contributed by atoms with Crippen molar-refractivity contribution in [2.45, 2.75) is 25.4 Å². The van der Waals surface area contributed by atoms with E-state index >= 15 is 0 Å². The largest absolute Gasteiger partial charge is 0.383 e. The molecule has 1 aliphatic rings. The van der Waals surface area contributed by atoms with Gasteiger partial charge >= 0.3 is 0 Å². The lowest BCUT2D eigenvalue weighted by Crippen LogP contribution is -2.30. The molecule has 0 aromatic carbocycles. The summed E-state index contributed by atoms with van der Waals surface area (Å²) in [7, 11) is 3.45. The van der Waals surface area contributed by atoms with E-state index in [-0.39, 0.29) is 0 Å². The van der Waals surface area contributed by atoms with Gasteiger partial charge in [0.1, 0.15) is 0 Å². The van der Waals surface area contributed by atoms with Gasteiger partial charge in [0.15, 0.2) is 5.13 Å². The first-order chi connectivity index (χ1) is 9.33. The molecule has 1 fully saturated rings. The van der Waals surface area contributed by atoms with Crippen LogP contribution < -0.4 is 10.2 Å². The predicted molar refractivity (Wildman–Crippen MR) is 77.9 cm³/mol. The highest BCUT2D eigenvalue weighted by atomic mass is 32.1. The maximum atomic E-state index is 5.15. The van der Waals surface area contributed by atoms with E-state index in [1.54, 1.807) is 25.6 Å². The Labute approximate surface area is 118 Å². The van der Waals surface area contributed by atoms with E-state index in [0.717, 1.165) is 36.5 Å². The van der Waals surface area contributed by atoms with Crippen molar-refractivity contribution in [3.05, 3.63) is 11.1 Å². The molecule has 1 aliphatic carbocycles. The molecule has 1 heterocycles. The zero-order valence-corrected chi connectivity index (χ0v) is 12.5. The summed E-state index contributed by atoms with van der Waals surface area (Å²) in [6, 6.07) is 0.725. The molecule has 1 N–H and O–H groups in total. The van der Waals surface area contributed by atoms with Crippen LogP contribution in [0.4, 0.5) is 5.13 Å². The minimum atomic E-state index is 0.707. The van der Waals surface area contributed by atoms with Crippen molar-refractivity contribution in [1.29, 1.82) is 0 Å². The number of hydrogen-bond donors (Lipinski definition) is 1. The van der Waals surface area contributed by atoms with E-state index < -0.39 is 0 Å². The number of methoxy groups -OCH3 is 2. The van der Waals surface area contributed by atoms with Gasteiger partial charge in [-0.25, -0.2) is 4.98 Å². The van der Waals surface area contributed by atoms with Gasteiger partial charge in [0, 0.05) is 45.3 Å². The lowest BCUT2D eigenvalue weighted by Gasteiger charge is -2.20. The molecule has 5 nitrogen and oxygen atoms in total. The molecule has 108 valence electrons. The second kappa shape index (κ2) is 7.79. The van der Waals surface area contributed by atoms with Gasteiger partial charge in [-0.15, -0.1) is 11.3 Å². The lowest BCUT2D eigenvalue weighted by atomic mass is 10.4. The van der Waals surface area contributed by atoms with Gasteiger partial charge in [-0.1, -0.05) is 0 Å². The average Bonchev–Trinajstić information content (AvgIpc) is 3.14. The van der Waals surface area contributed by atoms with Crippen LogP contribution in [-0.2, 0) is 16.0 Å². The Morgan fingerprint density at radius 3 is 2.58 bits per heavy atom. The maximum absolute atomic E-state index is 5.15. The van der Waals surface area contributed by atoms with Crippen molar-refractivity contribution >= 4 is 16.5 Å². The predicted octanol–water partition coefficient (Wildman–Crippen LogP) is 1.49. The van der Waals surface area contributed by atoms with E-state index in [1.165, 1.54) is 12.8 Å². The van der Waals surface area contributed by atoms with Crippen LogP contribution >= 0.6 is 11.3 Å². The first kappa shape index (κ1) is 14.7. The number of thiazole rings is 1. The molecule has 6 heteroatoms. The zero-order chi connectivity index (χ0) is 13.5. The SMILES string of the molecule is COCCN(CCOC)c1nc(CNC2CC2)cs1.